The van der Waals surface area contributed by atoms with Gasteiger partial charge in [-0.15, -0.1) is 0 Å². The molecule has 1 saturated heterocycles. The highest BCUT2D eigenvalue weighted by molar-refractivity contribution is 7.89. The van der Waals surface area contributed by atoms with Crippen LogP contribution >= 0.6 is 11.6 Å². The molecule has 1 aromatic carbocycles. The summed E-state index contributed by atoms with van der Waals surface area (Å²) in [5.74, 6) is 0. The number of benzene rings is 1. The second kappa shape index (κ2) is 5.42. The molecule has 0 radical (unpaired) electrons. The number of piperidine rings is 1. The van der Waals surface area contributed by atoms with Crippen LogP contribution < -0.4 is 0 Å². The van der Waals surface area contributed by atoms with Gasteiger partial charge in [0, 0.05) is 18.1 Å². The minimum absolute atomic E-state index is 0.0764. The quantitative estimate of drug-likeness (QED) is 0.897. The lowest BCUT2D eigenvalue weighted by atomic mass is 9.92. The fourth-order valence-electron chi connectivity index (χ4n) is 2.16. The van der Waals surface area contributed by atoms with Gasteiger partial charge in [0.15, 0.2) is 5.60 Å². The van der Waals surface area contributed by atoms with Crippen LogP contribution in [0.5, 0.6) is 0 Å². The van der Waals surface area contributed by atoms with Crippen LogP contribution in [0.4, 0.5) is 13.2 Å². The van der Waals surface area contributed by atoms with E-state index in [2.05, 4.69) is 0 Å². The average Bonchev–Trinajstić information content (AvgIpc) is 2.38. The second-order valence-corrected chi connectivity index (χ2v) is 7.27. The van der Waals surface area contributed by atoms with Crippen molar-refractivity contribution in [3.8, 4) is 0 Å². The monoisotopic (exact) mass is 343 g/mol. The van der Waals surface area contributed by atoms with Gasteiger partial charge in [-0.3, -0.25) is 0 Å². The molecule has 1 N–H and O–H groups in total. The highest BCUT2D eigenvalue weighted by atomic mass is 35.5. The third-order valence-corrected chi connectivity index (χ3v) is 5.64. The zero-order chi connectivity index (χ0) is 15.9. The minimum atomic E-state index is -4.76. The fraction of sp³-hybridized carbons (Fsp3) is 0.500. The van der Waals surface area contributed by atoms with Gasteiger partial charge in [-0.25, -0.2) is 8.42 Å². The first-order valence-corrected chi connectivity index (χ1v) is 7.93. The van der Waals surface area contributed by atoms with Crippen molar-refractivity contribution >= 4 is 21.6 Å². The van der Waals surface area contributed by atoms with Crippen molar-refractivity contribution in [2.75, 3.05) is 13.1 Å². The summed E-state index contributed by atoms with van der Waals surface area (Å²) < 4.78 is 63.6. The van der Waals surface area contributed by atoms with Gasteiger partial charge in [-0.05, 0) is 31.0 Å². The van der Waals surface area contributed by atoms with E-state index >= 15 is 0 Å². The van der Waals surface area contributed by atoms with E-state index < -0.39 is 47.7 Å². The highest BCUT2D eigenvalue weighted by Crippen LogP contribution is 2.39. The smallest absolute Gasteiger partial charge is 0.380 e. The largest absolute Gasteiger partial charge is 0.417 e. The Labute approximate surface area is 125 Å². The van der Waals surface area contributed by atoms with Crippen molar-refractivity contribution in [3.05, 3.63) is 29.3 Å². The van der Waals surface area contributed by atoms with Crippen LogP contribution in [-0.2, 0) is 10.0 Å². The third kappa shape index (κ3) is 3.18. The first kappa shape index (κ1) is 16.5. The predicted molar refractivity (Wildman–Crippen MR) is 70.4 cm³/mol. The van der Waals surface area contributed by atoms with Crippen molar-refractivity contribution in [1.29, 1.82) is 0 Å². The summed E-state index contributed by atoms with van der Waals surface area (Å²) >= 11 is 5.72. The van der Waals surface area contributed by atoms with Gasteiger partial charge < -0.3 is 5.11 Å². The number of rotatable bonds is 2. The molecule has 1 aliphatic rings. The fourth-order valence-corrected chi connectivity index (χ4v) is 3.90. The topological polar surface area (TPSA) is 57.6 Å². The Hall–Kier alpha value is -0.830. The van der Waals surface area contributed by atoms with Crippen molar-refractivity contribution in [2.24, 2.45) is 0 Å². The van der Waals surface area contributed by atoms with Gasteiger partial charge in [0.05, 0.1) is 4.90 Å². The zero-order valence-corrected chi connectivity index (χ0v) is 12.3. The molecular formula is C12H13ClF3NO3S. The number of hydrogen-bond acceptors (Lipinski definition) is 3. The van der Waals surface area contributed by atoms with Crippen molar-refractivity contribution in [3.63, 3.8) is 0 Å². The van der Waals surface area contributed by atoms with Crippen LogP contribution in [0, 0.1) is 0 Å². The molecule has 1 aromatic rings. The number of aliphatic hydroxyl groups is 1. The van der Waals surface area contributed by atoms with E-state index in [1.54, 1.807) is 0 Å². The van der Waals surface area contributed by atoms with Gasteiger partial charge in [0.2, 0.25) is 10.0 Å². The zero-order valence-electron chi connectivity index (χ0n) is 10.8. The molecular weight excluding hydrogens is 331 g/mol. The third-order valence-electron chi connectivity index (χ3n) is 3.51. The van der Waals surface area contributed by atoms with Gasteiger partial charge in [-0.1, -0.05) is 17.7 Å². The van der Waals surface area contributed by atoms with Gasteiger partial charge in [0.1, 0.15) is 0 Å². The Morgan fingerprint density at radius 1 is 1.24 bits per heavy atom. The lowest BCUT2D eigenvalue weighted by Gasteiger charge is -2.38. The maximum Gasteiger partial charge on any atom is 0.417 e. The summed E-state index contributed by atoms with van der Waals surface area (Å²) in [6.07, 6.45) is -6.13. The lowest BCUT2D eigenvalue weighted by Crippen LogP contribution is -2.54. The van der Waals surface area contributed by atoms with Crippen LogP contribution in [0.1, 0.15) is 12.8 Å². The van der Waals surface area contributed by atoms with E-state index in [1.807, 2.05) is 0 Å². The summed E-state index contributed by atoms with van der Waals surface area (Å²) in [5, 5.41) is 9.76. The summed E-state index contributed by atoms with van der Waals surface area (Å²) in [6.45, 7) is -0.796. The molecule has 118 valence electrons. The Morgan fingerprint density at radius 2 is 1.81 bits per heavy atom. The number of hydrogen-bond donors (Lipinski definition) is 1. The summed E-state index contributed by atoms with van der Waals surface area (Å²) in [6, 6.07) is 5.51. The number of nitrogens with zero attached hydrogens (tertiary/aromatic N) is 1. The van der Waals surface area contributed by atoms with E-state index in [0.29, 0.717) is 0 Å². The molecule has 0 bridgehead atoms. The average molecular weight is 344 g/mol. The summed E-state index contributed by atoms with van der Waals surface area (Å²) in [7, 11) is -3.91. The molecule has 0 atom stereocenters. The highest BCUT2D eigenvalue weighted by Gasteiger charge is 2.55. The predicted octanol–water partition coefficient (Wildman–Crippen LogP) is 2.42. The van der Waals surface area contributed by atoms with E-state index in [4.69, 9.17) is 11.6 Å². The summed E-state index contributed by atoms with van der Waals surface area (Å²) in [5.41, 5.74) is -2.83. The number of alkyl halides is 3. The molecule has 1 heterocycles. The molecule has 9 heteroatoms. The standard InChI is InChI=1S/C12H13ClF3NO3S/c13-9-2-1-3-10(8-9)21(19,20)17-6-4-11(18,5-7-17)12(14,15)16/h1-3,8,18H,4-7H2. The van der Waals surface area contributed by atoms with Gasteiger partial charge in [0.25, 0.3) is 0 Å². The maximum absolute atomic E-state index is 12.7. The van der Waals surface area contributed by atoms with Crippen molar-refractivity contribution in [2.45, 2.75) is 29.5 Å². The molecule has 1 aliphatic heterocycles. The van der Waals surface area contributed by atoms with Crippen molar-refractivity contribution < 1.29 is 26.7 Å². The van der Waals surface area contributed by atoms with Gasteiger partial charge >= 0.3 is 6.18 Å². The van der Waals surface area contributed by atoms with Crippen LogP contribution in [0.2, 0.25) is 5.02 Å². The van der Waals surface area contributed by atoms with E-state index in [1.165, 1.54) is 24.3 Å². The molecule has 0 unspecified atom stereocenters. The van der Waals surface area contributed by atoms with E-state index in [0.717, 1.165) is 4.31 Å². The minimum Gasteiger partial charge on any atom is -0.380 e. The lowest BCUT2D eigenvalue weighted by molar-refractivity contribution is -0.270. The normalized spacial score (nSPS) is 20.4. The Kier molecular flexibility index (Phi) is 4.27. The maximum atomic E-state index is 12.7. The second-order valence-electron chi connectivity index (χ2n) is 4.89. The van der Waals surface area contributed by atoms with Crippen LogP contribution in [0.3, 0.4) is 0 Å². The molecule has 0 amide bonds. The molecule has 0 saturated carbocycles. The van der Waals surface area contributed by atoms with Crippen LogP contribution in [-0.4, -0.2) is 42.7 Å². The summed E-state index contributed by atoms with van der Waals surface area (Å²) in [4.78, 5) is -0.0764. The van der Waals surface area contributed by atoms with Gasteiger partial charge in [-0.2, -0.15) is 17.5 Å². The first-order valence-electron chi connectivity index (χ1n) is 6.11. The molecule has 0 spiro atoms. The molecule has 21 heavy (non-hydrogen) atoms. The Morgan fingerprint density at radius 3 is 2.29 bits per heavy atom. The molecule has 2 rings (SSSR count). The number of halogens is 4. The molecule has 0 aromatic heterocycles. The molecule has 4 nitrogen and oxygen atoms in total. The molecule has 1 fully saturated rings. The number of sulfonamides is 1. The van der Waals surface area contributed by atoms with Crippen LogP contribution in [0.15, 0.2) is 29.2 Å². The first-order chi connectivity index (χ1) is 9.56. The Balaban J connectivity index is 2.19. The van der Waals surface area contributed by atoms with E-state index in [-0.39, 0.29) is 9.92 Å². The SMILES string of the molecule is O=S(=O)(c1cccc(Cl)c1)N1CCC(O)(C(F)(F)F)CC1. The molecule has 0 aliphatic carbocycles. The Bertz CT molecular complexity index is 625. The van der Waals surface area contributed by atoms with E-state index in [9.17, 15) is 26.7 Å². The van der Waals surface area contributed by atoms with Crippen LogP contribution in [0.25, 0.3) is 0 Å². The van der Waals surface area contributed by atoms with Crippen molar-refractivity contribution in [1.82, 2.24) is 4.31 Å².